The molecule has 0 aliphatic heterocycles. The van der Waals surface area contributed by atoms with Crippen molar-refractivity contribution >= 4 is 17.8 Å². The van der Waals surface area contributed by atoms with Gasteiger partial charge in [0.25, 0.3) is 0 Å². The summed E-state index contributed by atoms with van der Waals surface area (Å²) in [6.07, 6.45) is 1.37. The number of amides is 2. The second kappa shape index (κ2) is 8.12. The van der Waals surface area contributed by atoms with Crippen LogP contribution in [0.25, 0.3) is 0 Å². The average molecular weight is 382 g/mol. The molecule has 0 aromatic heterocycles. The van der Waals surface area contributed by atoms with Crippen molar-refractivity contribution in [2.45, 2.75) is 24.3 Å². The molecule has 0 bridgehead atoms. The summed E-state index contributed by atoms with van der Waals surface area (Å²) < 4.78 is 5.13. The van der Waals surface area contributed by atoms with Crippen molar-refractivity contribution in [3.63, 3.8) is 0 Å². The monoisotopic (exact) mass is 382 g/mol. The van der Waals surface area contributed by atoms with Crippen LogP contribution in [0.3, 0.4) is 0 Å². The quantitative estimate of drug-likeness (QED) is 0.646. The van der Waals surface area contributed by atoms with Crippen molar-refractivity contribution in [3.8, 4) is 5.75 Å². The lowest BCUT2D eigenvalue weighted by Gasteiger charge is -2.22. The van der Waals surface area contributed by atoms with Crippen LogP contribution in [0.4, 0.5) is 0 Å². The molecule has 7 nitrogen and oxygen atoms in total. The molecule has 1 aliphatic carbocycles. The highest BCUT2D eigenvalue weighted by atomic mass is 16.5. The largest absolute Gasteiger partial charge is 0.482 e. The Morgan fingerprint density at radius 1 is 1.07 bits per heavy atom. The zero-order chi connectivity index (χ0) is 20.1. The van der Waals surface area contributed by atoms with Crippen LogP contribution in [0.1, 0.15) is 30.0 Å². The third-order valence-corrected chi connectivity index (χ3v) is 4.87. The minimum Gasteiger partial charge on any atom is -0.482 e. The van der Waals surface area contributed by atoms with Crippen molar-refractivity contribution in [2.24, 2.45) is 0 Å². The number of carboxylic acid groups (broad SMARTS) is 1. The smallest absolute Gasteiger partial charge is 0.341 e. The van der Waals surface area contributed by atoms with E-state index in [4.69, 9.17) is 9.84 Å². The van der Waals surface area contributed by atoms with Crippen molar-refractivity contribution < 1.29 is 24.2 Å². The molecule has 1 fully saturated rings. The average Bonchev–Trinajstić information content (AvgIpc) is 3.53. The Labute approximate surface area is 162 Å². The van der Waals surface area contributed by atoms with Crippen molar-refractivity contribution in [3.05, 3.63) is 65.7 Å². The van der Waals surface area contributed by atoms with Gasteiger partial charge in [-0.3, -0.25) is 9.59 Å². The van der Waals surface area contributed by atoms with Gasteiger partial charge in [-0.05, 0) is 36.1 Å². The molecule has 1 unspecified atom stereocenters. The zero-order valence-corrected chi connectivity index (χ0v) is 15.5. The predicted octanol–water partition coefficient (Wildman–Crippen LogP) is 1.79. The third-order valence-electron chi connectivity index (χ3n) is 4.87. The fourth-order valence-electron chi connectivity index (χ4n) is 3.15. The van der Waals surface area contributed by atoms with E-state index < -0.39 is 24.0 Å². The number of hydrogen-bond acceptors (Lipinski definition) is 4. The topological polar surface area (TPSA) is 105 Å². The summed E-state index contributed by atoms with van der Waals surface area (Å²) in [4.78, 5) is 35.9. The van der Waals surface area contributed by atoms with Crippen LogP contribution < -0.4 is 15.4 Å². The van der Waals surface area contributed by atoms with E-state index >= 15 is 0 Å². The van der Waals surface area contributed by atoms with Crippen LogP contribution >= 0.6 is 0 Å². The molecular formula is C21H22N2O5. The van der Waals surface area contributed by atoms with Gasteiger partial charge in [0.05, 0.1) is 5.41 Å². The van der Waals surface area contributed by atoms with Crippen LogP contribution in [-0.4, -0.2) is 36.5 Å². The van der Waals surface area contributed by atoms with Gasteiger partial charge in [-0.2, -0.15) is 0 Å². The minimum absolute atomic E-state index is 0.204. The first-order chi connectivity index (χ1) is 13.5. The summed E-state index contributed by atoms with van der Waals surface area (Å²) >= 11 is 0. The van der Waals surface area contributed by atoms with Crippen LogP contribution in [-0.2, 0) is 19.8 Å². The lowest BCUT2D eigenvalue weighted by Crippen LogP contribution is -2.43. The Bertz CT molecular complexity index is 860. The summed E-state index contributed by atoms with van der Waals surface area (Å²) in [5.41, 5.74) is 0.853. The highest BCUT2D eigenvalue weighted by molar-refractivity contribution is 5.95. The standard InChI is InChI=1S/C21H22N2O5/c1-22-19(26)18(14-5-3-2-4-6-14)23-20(27)21(11-12-21)15-7-9-16(10-8-15)28-13-17(24)25/h2-10,18H,11-13H2,1H3,(H,22,26)(H,23,27)(H,24,25). The molecule has 2 amide bonds. The van der Waals surface area contributed by atoms with Gasteiger partial charge in [-0.1, -0.05) is 42.5 Å². The lowest BCUT2D eigenvalue weighted by molar-refractivity contribution is -0.139. The van der Waals surface area contributed by atoms with E-state index in [-0.39, 0.29) is 11.8 Å². The Kier molecular flexibility index (Phi) is 5.63. The number of carbonyl (C=O) groups excluding carboxylic acids is 2. The summed E-state index contributed by atoms with van der Waals surface area (Å²) in [5, 5.41) is 14.1. The van der Waals surface area contributed by atoms with E-state index in [1.54, 1.807) is 36.4 Å². The van der Waals surface area contributed by atoms with Gasteiger partial charge in [0.2, 0.25) is 11.8 Å². The van der Waals surface area contributed by atoms with Gasteiger partial charge >= 0.3 is 5.97 Å². The number of hydrogen-bond donors (Lipinski definition) is 3. The number of benzene rings is 2. The van der Waals surface area contributed by atoms with E-state index in [1.165, 1.54) is 7.05 Å². The first kappa shape index (κ1) is 19.4. The minimum atomic E-state index is -1.05. The number of carbonyl (C=O) groups is 3. The fraction of sp³-hybridized carbons (Fsp3) is 0.286. The highest BCUT2D eigenvalue weighted by Gasteiger charge is 2.52. The Hall–Kier alpha value is -3.35. The van der Waals surface area contributed by atoms with Gasteiger partial charge in [-0.25, -0.2) is 4.79 Å². The van der Waals surface area contributed by atoms with E-state index in [0.717, 1.165) is 5.56 Å². The molecule has 2 aromatic carbocycles. The Morgan fingerprint density at radius 2 is 1.71 bits per heavy atom. The maximum absolute atomic E-state index is 13.0. The number of nitrogens with one attached hydrogen (secondary N) is 2. The molecule has 1 atom stereocenters. The van der Waals surface area contributed by atoms with E-state index in [9.17, 15) is 14.4 Å². The number of ether oxygens (including phenoxy) is 1. The molecule has 0 radical (unpaired) electrons. The van der Waals surface area contributed by atoms with Gasteiger partial charge < -0.3 is 20.5 Å². The van der Waals surface area contributed by atoms with E-state index in [1.807, 2.05) is 18.2 Å². The third kappa shape index (κ3) is 4.14. The lowest BCUT2D eigenvalue weighted by atomic mass is 9.94. The first-order valence-corrected chi connectivity index (χ1v) is 8.99. The molecule has 0 heterocycles. The summed E-state index contributed by atoms with van der Waals surface area (Å²) in [5.74, 6) is -1.12. The maximum Gasteiger partial charge on any atom is 0.341 e. The number of carboxylic acids is 1. The van der Waals surface area contributed by atoms with Crippen LogP contribution in [0.5, 0.6) is 5.75 Å². The summed E-state index contributed by atoms with van der Waals surface area (Å²) in [6, 6.07) is 15.2. The molecule has 1 aliphatic rings. The van der Waals surface area contributed by atoms with Crippen LogP contribution in [0.15, 0.2) is 54.6 Å². The van der Waals surface area contributed by atoms with Crippen LogP contribution in [0.2, 0.25) is 0 Å². The number of aliphatic carboxylic acids is 1. The molecule has 146 valence electrons. The number of likely N-dealkylation sites (N-methyl/N-ethyl adjacent to an activating group) is 1. The van der Waals surface area contributed by atoms with E-state index in [0.29, 0.717) is 24.2 Å². The van der Waals surface area contributed by atoms with Gasteiger partial charge in [0, 0.05) is 7.05 Å². The van der Waals surface area contributed by atoms with Gasteiger partial charge in [0.15, 0.2) is 6.61 Å². The van der Waals surface area contributed by atoms with Crippen molar-refractivity contribution in [2.75, 3.05) is 13.7 Å². The fourth-order valence-corrected chi connectivity index (χ4v) is 3.15. The second-order valence-electron chi connectivity index (χ2n) is 6.72. The molecule has 3 N–H and O–H groups in total. The molecule has 0 saturated heterocycles. The first-order valence-electron chi connectivity index (χ1n) is 8.99. The Morgan fingerprint density at radius 3 is 2.25 bits per heavy atom. The Balaban J connectivity index is 1.75. The molecule has 0 spiro atoms. The summed E-state index contributed by atoms with van der Waals surface area (Å²) in [7, 11) is 1.53. The molecule has 1 saturated carbocycles. The molecule has 7 heteroatoms. The molecular weight excluding hydrogens is 360 g/mol. The predicted molar refractivity (Wildman–Crippen MR) is 102 cm³/mol. The second-order valence-corrected chi connectivity index (χ2v) is 6.72. The van der Waals surface area contributed by atoms with E-state index in [2.05, 4.69) is 10.6 Å². The molecule has 28 heavy (non-hydrogen) atoms. The maximum atomic E-state index is 13.0. The van der Waals surface area contributed by atoms with Crippen LogP contribution in [0, 0.1) is 0 Å². The molecule has 3 rings (SSSR count). The SMILES string of the molecule is CNC(=O)C(NC(=O)C1(c2ccc(OCC(=O)O)cc2)CC1)c1ccccc1. The van der Waals surface area contributed by atoms with Gasteiger partial charge in [-0.15, -0.1) is 0 Å². The normalized spacial score (nSPS) is 15.2. The highest BCUT2D eigenvalue weighted by Crippen LogP contribution is 2.49. The summed E-state index contributed by atoms with van der Waals surface area (Å²) in [6.45, 7) is -0.421. The van der Waals surface area contributed by atoms with Crippen molar-refractivity contribution in [1.29, 1.82) is 0 Å². The number of rotatable bonds is 8. The molecule has 2 aromatic rings. The van der Waals surface area contributed by atoms with Gasteiger partial charge in [0.1, 0.15) is 11.8 Å². The van der Waals surface area contributed by atoms with Crippen molar-refractivity contribution in [1.82, 2.24) is 10.6 Å². The zero-order valence-electron chi connectivity index (χ0n) is 15.5.